The fourth-order valence-corrected chi connectivity index (χ4v) is 9.22. The number of rotatable bonds is 6. The minimum atomic E-state index is -3.89. The van der Waals surface area contributed by atoms with Crippen molar-refractivity contribution in [3.8, 4) is 0 Å². The van der Waals surface area contributed by atoms with Gasteiger partial charge < -0.3 is 25.0 Å². The van der Waals surface area contributed by atoms with E-state index in [-0.39, 0.29) is 25.5 Å². The van der Waals surface area contributed by atoms with Crippen molar-refractivity contribution < 1.29 is 41.9 Å². The molecule has 0 spiro atoms. The Balaban J connectivity index is 1.12. The van der Waals surface area contributed by atoms with E-state index in [9.17, 15) is 32.4 Å². The van der Waals surface area contributed by atoms with Gasteiger partial charge in [-0.3, -0.25) is 24.0 Å². The summed E-state index contributed by atoms with van der Waals surface area (Å²) in [6.45, 7) is 0.650. The van der Waals surface area contributed by atoms with Gasteiger partial charge in [0.25, 0.3) is 5.91 Å². The molecule has 276 valence electrons. The monoisotopic (exact) mass is 725 g/mol. The van der Waals surface area contributed by atoms with Gasteiger partial charge in [-0.25, -0.2) is 18.0 Å². The fourth-order valence-electron chi connectivity index (χ4n) is 7.86. The van der Waals surface area contributed by atoms with Gasteiger partial charge in [0.15, 0.2) is 0 Å². The van der Waals surface area contributed by atoms with Crippen molar-refractivity contribution >= 4 is 39.9 Å². The van der Waals surface area contributed by atoms with Gasteiger partial charge in [-0.05, 0) is 75.3 Å². The minimum Gasteiger partial charge on any atom is -0.446 e. The van der Waals surface area contributed by atoms with E-state index in [1.54, 1.807) is 4.90 Å². The SMILES string of the molecule is O=C(N[C@H]1CCCCC/C=C/[C@@H]2C[C@@]2(C(=O)NS(=O)(=O)C2CC2)NC(=O)[C@@H]2C[C@@H](OC(=O)N3Cc4ccccc4C3)CN2C1=O)OC1CCCC1. The molecule has 3 aliphatic carbocycles. The summed E-state index contributed by atoms with van der Waals surface area (Å²) in [6.07, 6.45) is 9.24. The van der Waals surface area contributed by atoms with E-state index in [1.807, 2.05) is 36.4 Å². The van der Waals surface area contributed by atoms with Gasteiger partial charge in [-0.1, -0.05) is 49.3 Å². The first kappa shape index (κ1) is 35.3. The Morgan fingerprint density at radius 3 is 2.29 bits per heavy atom. The molecular weight excluding hydrogens is 678 g/mol. The summed E-state index contributed by atoms with van der Waals surface area (Å²) >= 11 is 0. The van der Waals surface area contributed by atoms with Crippen LogP contribution in [0.5, 0.6) is 0 Å². The predicted octanol–water partition coefficient (Wildman–Crippen LogP) is 3.15. The number of ether oxygens (including phenoxy) is 2. The lowest BCUT2D eigenvalue weighted by molar-refractivity contribution is -0.141. The molecule has 15 heteroatoms. The van der Waals surface area contributed by atoms with E-state index < -0.39 is 74.8 Å². The van der Waals surface area contributed by atoms with Gasteiger partial charge in [-0.2, -0.15) is 0 Å². The normalized spacial score (nSPS) is 30.5. The largest absolute Gasteiger partial charge is 0.446 e. The highest BCUT2D eigenvalue weighted by Crippen LogP contribution is 2.46. The summed E-state index contributed by atoms with van der Waals surface area (Å²) in [5, 5.41) is 4.97. The lowest BCUT2D eigenvalue weighted by Crippen LogP contribution is -2.58. The maximum absolute atomic E-state index is 14.3. The van der Waals surface area contributed by atoms with Crippen molar-refractivity contribution in [2.24, 2.45) is 5.92 Å². The Labute approximate surface area is 298 Å². The smallest absolute Gasteiger partial charge is 0.410 e. The third-order valence-electron chi connectivity index (χ3n) is 11.1. The van der Waals surface area contributed by atoms with Crippen molar-refractivity contribution in [3.63, 3.8) is 0 Å². The molecule has 5 atom stereocenters. The molecule has 0 bridgehead atoms. The number of benzene rings is 1. The van der Waals surface area contributed by atoms with Crippen LogP contribution in [0, 0.1) is 5.92 Å². The van der Waals surface area contributed by atoms with Crippen LogP contribution < -0.4 is 15.4 Å². The zero-order valence-corrected chi connectivity index (χ0v) is 29.5. The number of alkyl carbamates (subject to hydrolysis) is 1. The number of hydrogen-bond acceptors (Lipinski definition) is 9. The maximum atomic E-state index is 14.3. The number of nitrogens with one attached hydrogen (secondary N) is 3. The van der Waals surface area contributed by atoms with Crippen LogP contribution in [0.2, 0.25) is 0 Å². The second-order valence-corrected chi connectivity index (χ2v) is 16.9. The number of allylic oxidation sites excluding steroid dienone is 1. The van der Waals surface area contributed by atoms with Gasteiger partial charge in [-0.15, -0.1) is 0 Å². The van der Waals surface area contributed by atoms with Crippen molar-refractivity contribution in [1.82, 2.24) is 25.2 Å². The highest BCUT2D eigenvalue weighted by Gasteiger charge is 2.62. The number of hydrogen-bond donors (Lipinski definition) is 3. The Kier molecular flexibility index (Phi) is 10.0. The molecule has 0 radical (unpaired) electrons. The number of carbonyl (C=O) groups is 5. The lowest BCUT2D eigenvalue weighted by atomic mass is 10.0. The van der Waals surface area contributed by atoms with Crippen LogP contribution in [0.1, 0.15) is 94.6 Å². The second kappa shape index (κ2) is 14.5. The molecule has 0 aromatic heterocycles. The molecule has 1 aromatic carbocycles. The molecule has 14 nitrogen and oxygen atoms in total. The zero-order valence-electron chi connectivity index (χ0n) is 28.7. The quantitative estimate of drug-likeness (QED) is 0.372. The first-order chi connectivity index (χ1) is 24.5. The summed E-state index contributed by atoms with van der Waals surface area (Å²) < 4.78 is 39.3. The third kappa shape index (κ3) is 7.87. The van der Waals surface area contributed by atoms with Crippen molar-refractivity contribution in [3.05, 3.63) is 47.5 Å². The van der Waals surface area contributed by atoms with E-state index in [2.05, 4.69) is 15.4 Å². The molecular formula is C36H47N5O9S. The van der Waals surface area contributed by atoms with Crippen LogP contribution >= 0.6 is 0 Å². The number of carbonyl (C=O) groups excluding carboxylic acids is 5. The van der Waals surface area contributed by atoms with Gasteiger partial charge in [0.1, 0.15) is 29.8 Å². The van der Waals surface area contributed by atoms with E-state index in [0.29, 0.717) is 45.2 Å². The van der Waals surface area contributed by atoms with Crippen LogP contribution in [0.15, 0.2) is 36.4 Å². The molecule has 3 aliphatic heterocycles. The highest BCUT2D eigenvalue weighted by atomic mass is 32.2. The average Bonchev–Trinajstić information content (AvgIpc) is 3.88. The van der Waals surface area contributed by atoms with Crippen molar-refractivity contribution in [2.45, 2.75) is 132 Å². The molecule has 3 heterocycles. The number of fused-ring (bicyclic) bond motifs is 3. The van der Waals surface area contributed by atoms with Crippen molar-refractivity contribution in [1.29, 1.82) is 0 Å². The Bertz CT molecular complexity index is 1670. The molecule has 5 amide bonds. The zero-order chi connectivity index (χ0) is 35.8. The Morgan fingerprint density at radius 2 is 1.59 bits per heavy atom. The molecule has 6 aliphatic rings. The standard InChI is InChI=1S/C36H47N5O9S/c42-31-30-18-27(50-35(46)40-20-23-10-6-7-11-24(23)21-40)22-41(30)32(43)29(37-34(45)49-26-13-8-9-14-26)15-5-3-1-2-4-12-25-19-36(25,38-31)33(44)39-51(47,48)28-16-17-28/h4,6-7,10-12,25-30H,1-3,5,8-9,13-22H2,(H,37,45)(H,38,42)(H,39,44)/b12-4+/t25-,27-,29+,30+,36-/m1/s1. The first-order valence-electron chi connectivity index (χ1n) is 18.4. The Morgan fingerprint density at radius 1 is 0.882 bits per heavy atom. The molecule has 3 saturated carbocycles. The van der Waals surface area contributed by atoms with E-state index in [4.69, 9.17) is 9.47 Å². The maximum Gasteiger partial charge on any atom is 0.410 e. The molecule has 1 saturated heterocycles. The topological polar surface area (TPSA) is 181 Å². The second-order valence-electron chi connectivity index (χ2n) is 14.9. The third-order valence-corrected chi connectivity index (χ3v) is 12.9. The van der Waals surface area contributed by atoms with Crippen LogP contribution in [-0.2, 0) is 47.0 Å². The summed E-state index contributed by atoms with van der Waals surface area (Å²) in [4.78, 5) is 71.4. The van der Waals surface area contributed by atoms with Gasteiger partial charge in [0, 0.05) is 25.4 Å². The summed E-state index contributed by atoms with van der Waals surface area (Å²) in [6, 6.07) is 5.56. The van der Waals surface area contributed by atoms with Gasteiger partial charge >= 0.3 is 12.2 Å². The predicted molar refractivity (Wildman–Crippen MR) is 183 cm³/mol. The number of sulfonamides is 1. The van der Waals surface area contributed by atoms with Crippen LogP contribution in [0.25, 0.3) is 0 Å². The molecule has 1 aromatic rings. The van der Waals surface area contributed by atoms with E-state index >= 15 is 0 Å². The van der Waals surface area contributed by atoms with Gasteiger partial charge in [0.2, 0.25) is 21.8 Å². The van der Waals surface area contributed by atoms with E-state index in [1.165, 1.54) is 4.90 Å². The summed E-state index contributed by atoms with van der Waals surface area (Å²) in [7, 11) is -3.89. The lowest BCUT2D eigenvalue weighted by Gasteiger charge is -2.30. The van der Waals surface area contributed by atoms with Crippen LogP contribution in [-0.4, -0.2) is 89.8 Å². The molecule has 51 heavy (non-hydrogen) atoms. The average molecular weight is 726 g/mol. The molecule has 3 N–H and O–H groups in total. The Hall–Kier alpha value is -4.14. The minimum absolute atomic E-state index is 0.0398. The summed E-state index contributed by atoms with van der Waals surface area (Å²) in [5.41, 5.74) is 0.520. The van der Waals surface area contributed by atoms with Crippen LogP contribution in [0.4, 0.5) is 9.59 Å². The highest BCUT2D eigenvalue weighted by molar-refractivity contribution is 7.91. The van der Waals surface area contributed by atoms with Crippen LogP contribution in [0.3, 0.4) is 0 Å². The number of amides is 5. The molecule has 4 fully saturated rings. The number of nitrogens with zero attached hydrogens (tertiary/aromatic N) is 2. The summed E-state index contributed by atoms with van der Waals surface area (Å²) in [5.74, 6) is -2.41. The fraction of sp³-hybridized carbons (Fsp3) is 0.639. The molecule has 7 rings (SSSR count). The molecule has 0 unspecified atom stereocenters. The van der Waals surface area contributed by atoms with Crippen molar-refractivity contribution in [2.75, 3.05) is 6.54 Å². The first-order valence-corrected chi connectivity index (χ1v) is 19.9. The van der Waals surface area contributed by atoms with E-state index in [0.717, 1.165) is 49.7 Å². The van der Waals surface area contributed by atoms with Gasteiger partial charge in [0.05, 0.1) is 11.8 Å².